The molecule has 2 heterocycles. The highest BCUT2D eigenvalue weighted by Crippen LogP contribution is 2.28. The highest BCUT2D eigenvalue weighted by Gasteiger charge is 2.26. The first-order chi connectivity index (χ1) is 10.2. The van der Waals surface area contributed by atoms with Crippen molar-refractivity contribution in [3.8, 4) is 0 Å². The Labute approximate surface area is 125 Å². The van der Waals surface area contributed by atoms with Crippen molar-refractivity contribution in [2.45, 2.75) is 32.7 Å². The van der Waals surface area contributed by atoms with E-state index in [-0.39, 0.29) is 11.8 Å². The van der Waals surface area contributed by atoms with E-state index in [0.717, 1.165) is 32.4 Å². The molecule has 1 aromatic heterocycles. The molecule has 0 bridgehead atoms. The molecule has 1 aliphatic rings. The number of hydrogen-bond acceptors (Lipinski definition) is 2. The van der Waals surface area contributed by atoms with Gasteiger partial charge < -0.3 is 15.6 Å². The zero-order valence-corrected chi connectivity index (χ0v) is 12.6. The summed E-state index contributed by atoms with van der Waals surface area (Å²) in [6, 6.07) is 8.34. The summed E-state index contributed by atoms with van der Waals surface area (Å²) in [4.78, 5) is 18.0. The molecular formula is C17H23N3O. The number of nitrogens with two attached hydrogens (primary N) is 1. The molecule has 4 heteroatoms. The van der Waals surface area contributed by atoms with Crippen LogP contribution >= 0.6 is 0 Å². The normalized spacial score (nSPS) is 16.0. The SMILES string of the molecule is CC(CCCN)C(=O)N1CCc2[nH]c3ccccc3c2C1. The Morgan fingerprint density at radius 3 is 3.05 bits per heavy atom. The third-order valence-corrected chi connectivity index (χ3v) is 4.46. The molecule has 0 fully saturated rings. The van der Waals surface area contributed by atoms with Crippen molar-refractivity contribution in [1.29, 1.82) is 0 Å². The quantitative estimate of drug-likeness (QED) is 0.906. The maximum atomic E-state index is 12.5. The number of H-pyrrole nitrogens is 1. The summed E-state index contributed by atoms with van der Waals surface area (Å²) in [6.07, 6.45) is 2.71. The number of para-hydroxylation sites is 1. The van der Waals surface area contributed by atoms with E-state index in [1.165, 1.54) is 22.2 Å². The summed E-state index contributed by atoms with van der Waals surface area (Å²) >= 11 is 0. The maximum Gasteiger partial charge on any atom is 0.225 e. The topological polar surface area (TPSA) is 62.1 Å². The molecule has 1 amide bonds. The average molecular weight is 285 g/mol. The van der Waals surface area contributed by atoms with Gasteiger partial charge >= 0.3 is 0 Å². The molecule has 1 aliphatic heterocycles. The van der Waals surface area contributed by atoms with Crippen LogP contribution in [0.2, 0.25) is 0 Å². The summed E-state index contributed by atoms with van der Waals surface area (Å²) in [7, 11) is 0. The average Bonchev–Trinajstić information content (AvgIpc) is 2.89. The summed E-state index contributed by atoms with van der Waals surface area (Å²) in [6.45, 7) is 4.21. The van der Waals surface area contributed by atoms with Gasteiger partial charge in [-0.1, -0.05) is 25.1 Å². The maximum absolute atomic E-state index is 12.5. The van der Waals surface area contributed by atoms with Gasteiger partial charge in [-0.05, 0) is 25.5 Å². The molecule has 1 aromatic carbocycles. The van der Waals surface area contributed by atoms with E-state index in [9.17, 15) is 4.79 Å². The Hall–Kier alpha value is -1.81. The molecule has 0 radical (unpaired) electrons. The van der Waals surface area contributed by atoms with Crippen molar-refractivity contribution in [2.75, 3.05) is 13.1 Å². The molecule has 2 aromatic rings. The first-order valence-corrected chi connectivity index (χ1v) is 7.78. The Kier molecular flexibility index (Phi) is 3.97. The van der Waals surface area contributed by atoms with E-state index >= 15 is 0 Å². The Morgan fingerprint density at radius 2 is 2.24 bits per heavy atom. The highest BCUT2D eigenvalue weighted by molar-refractivity contribution is 5.86. The van der Waals surface area contributed by atoms with Crippen molar-refractivity contribution in [3.05, 3.63) is 35.5 Å². The molecule has 1 atom stereocenters. The first kappa shape index (κ1) is 14.1. The number of carbonyl (C=O) groups excluding carboxylic acids is 1. The van der Waals surface area contributed by atoms with E-state index in [1.807, 2.05) is 17.9 Å². The molecule has 1 unspecified atom stereocenters. The second-order valence-electron chi connectivity index (χ2n) is 5.97. The van der Waals surface area contributed by atoms with Crippen LogP contribution in [0.25, 0.3) is 10.9 Å². The van der Waals surface area contributed by atoms with Gasteiger partial charge in [0.1, 0.15) is 0 Å². The molecular weight excluding hydrogens is 262 g/mol. The van der Waals surface area contributed by atoms with E-state index in [0.29, 0.717) is 6.54 Å². The van der Waals surface area contributed by atoms with Crippen molar-refractivity contribution < 1.29 is 4.79 Å². The fourth-order valence-electron chi connectivity index (χ4n) is 3.21. The number of fused-ring (bicyclic) bond motifs is 3. The molecule has 0 aliphatic carbocycles. The molecule has 21 heavy (non-hydrogen) atoms. The second-order valence-corrected chi connectivity index (χ2v) is 5.97. The van der Waals surface area contributed by atoms with Crippen LogP contribution in [0.15, 0.2) is 24.3 Å². The van der Waals surface area contributed by atoms with E-state index in [1.54, 1.807) is 0 Å². The highest BCUT2D eigenvalue weighted by atomic mass is 16.2. The van der Waals surface area contributed by atoms with Crippen LogP contribution in [-0.4, -0.2) is 28.9 Å². The number of nitrogens with one attached hydrogen (secondary N) is 1. The van der Waals surface area contributed by atoms with E-state index < -0.39 is 0 Å². The van der Waals surface area contributed by atoms with Crippen LogP contribution < -0.4 is 5.73 Å². The minimum atomic E-state index is 0.0697. The minimum absolute atomic E-state index is 0.0697. The van der Waals surface area contributed by atoms with Gasteiger partial charge in [-0.15, -0.1) is 0 Å². The summed E-state index contributed by atoms with van der Waals surface area (Å²) < 4.78 is 0. The summed E-state index contributed by atoms with van der Waals surface area (Å²) in [5.41, 5.74) is 9.29. The minimum Gasteiger partial charge on any atom is -0.358 e. The van der Waals surface area contributed by atoms with Crippen LogP contribution in [-0.2, 0) is 17.8 Å². The van der Waals surface area contributed by atoms with Crippen LogP contribution in [0.3, 0.4) is 0 Å². The van der Waals surface area contributed by atoms with Gasteiger partial charge in [-0.3, -0.25) is 4.79 Å². The Balaban J connectivity index is 1.79. The van der Waals surface area contributed by atoms with E-state index in [4.69, 9.17) is 5.73 Å². The third-order valence-electron chi connectivity index (χ3n) is 4.46. The summed E-state index contributed by atoms with van der Waals surface area (Å²) in [5.74, 6) is 0.333. The largest absolute Gasteiger partial charge is 0.358 e. The summed E-state index contributed by atoms with van der Waals surface area (Å²) in [5, 5.41) is 1.25. The molecule has 4 nitrogen and oxygen atoms in total. The lowest BCUT2D eigenvalue weighted by Gasteiger charge is -2.29. The third kappa shape index (κ3) is 2.68. The molecule has 0 saturated carbocycles. The Morgan fingerprint density at radius 1 is 1.43 bits per heavy atom. The number of carbonyl (C=O) groups is 1. The molecule has 112 valence electrons. The lowest BCUT2D eigenvalue weighted by Crippen LogP contribution is -2.39. The predicted octanol–water partition coefficient (Wildman–Crippen LogP) is 2.43. The van der Waals surface area contributed by atoms with Gasteiger partial charge in [-0.25, -0.2) is 0 Å². The lowest BCUT2D eigenvalue weighted by atomic mass is 10.00. The number of nitrogens with zero attached hydrogens (tertiary/aromatic N) is 1. The number of aromatic nitrogens is 1. The van der Waals surface area contributed by atoms with Crippen molar-refractivity contribution in [3.63, 3.8) is 0 Å². The van der Waals surface area contributed by atoms with Crippen molar-refractivity contribution in [1.82, 2.24) is 9.88 Å². The standard InChI is InChI=1S/C17H23N3O/c1-12(5-4-9-18)17(21)20-10-8-16-14(11-20)13-6-2-3-7-15(13)19-16/h2-3,6-7,12,19H,4-5,8-11,18H2,1H3. The fraction of sp³-hybridized carbons (Fsp3) is 0.471. The van der Waals surface area contributed by atoms with Gasteiger partial charge in [0.25, 0.3) is 0 Å². The number of aromatic amines is 1. The lowest BCUT2D eigenvalue weighted by molar-refractivity contribution is -0.136. The second kappa shape index (κ2) is 5.90. The number of hydrogen-bond donors (Lipinski definition) is 2. The van der Waals surface area contributed by atoms with Gasteiger partial charge in [0.15, 0.2) is 0 Å². The van der Waals surface area contributed by atoms with Gasteiger partial charge in [0.2, 0.25) is 5.91 Å². The molecule has 0 spiro atoms. The molecule has 3 rings (SSSR count). The number of amides is 1. The van der Waals surface area contributed by atoms with Crippen LogP contribution in [0.5, 0.6) is 0 Å². The van der Waals surface area contributed by atoms with Crippen LogP contribution in [0, 0.1) is 5.92 Å². The fourth-order valence-corrected chi connectivity index (χ4v) is 3.21. The van der Waals surface area contributed by atoms with Gasteiger partial charge in [0, 0.05) is 47.6 Å². The van der Waals surface area contributed by atoms with Crippen LogP contribution in [0.1, 0.15) is 31.0 Å². The zero-order valence-electron chi connectivity index (χ0n) is 12.6. The van der Waals surface area contributed by atoms with Gasteiger partial charge in [-0.2, -0.15) is 0 Å². The van der Waals surface area contributed by atoms with Crippen molar-refractivity contribution >= 4 is 16.8 Å². The molecule has 0 saturated heterocycles. The van der Waals surface area contributed by atoms with Crippen molar-refractivity contribution in [2.24, 2.45) is 11.7 Å². The smallest absolute Gasteiger partial charge is 0.225 e. The molecule has 3 N–H and O–H groups in total. The number of benzene rings is 1. The zero-order chi connectivity index (χ0) is 14.8. The number of rotatable bonds is 4. The Bertz CT molecular complexity index is 647. The van der Waals surface area contributed by atoms with Gasteiger partial charge in [0.05, 0.1) is 0 Å². The first-order valence-electron chi connectivity index (χ1n) is 7.78. The monoisotopic (exact) mass is 285 g/mol. The van der Waals surface area contributed by atoms with Crippen LogP contribution in [0.4, 0.5) is 0 Å². The van der Waals surface area contributed by atoms with E-state index in [2.05, 4.69) is 23.2 Å². The predicted molar refractivity (Wildman–Crippen MR) is 84.9 cm³/mol.